The highest BCUT2D eigenvalue weighted by molar-refractivity contribution is 5.83. The van der Waals surface area contributed by atoms with Crippen LogP contribution in [0.25, 0.3) is 0 Å². The van der Waals surface area contributed by atoms with Gasteiger partial charge in [-0.2, -0.15) is 0 Å². The fourth-order valence-electron chi connectivity index (χ4n) is 4.03. The minimum Gasteiger partial charge on any atom is -0.393 e. The first kappa shape index (κ1) is 11.9. The lowest BCUT2D eigenvalue weighted by molar-refractivity contribution is -0.173. The zero-order chi connectivity index (χ0) is 11.8. The quantitative estimate of drug-likeness (QED) is 0.769. The fourth-order valence-corrected chi connectivity index (χ4v) is 4.03. The Morgan fingerprint density at radius 2 is 2.00 bits per heavy atom. The van der Waals surface area contributed by atoms with E-state index < -0.39 is 0 Å². The summed E-state index contributed by atoms with van der Waals surface area (Å²) in [5.74, 6) is 0.358. The molecule has 3 atom stereocenters. The number of carbonyl (C=O) groups is 1. The minimum absolute atomic E-state index is 0.105. The molecular formula is C13H23NO2. The highest BCUT2D eigenvalue weighted by atomic mass is 16.3. The van der Waals surface area contributed by atoms with Gasteiger partial charge in [-0.05, 0) is 37.5 Å². The topological polar surface area (TPSA) is 63.3 Å². The van der Waals surface area contributed by atoms with E-state index in [2.05, 4.69) is 0 Å². The first-order valence-corrected chi connectivity index (χ1v) is 6.61. The van der Waals surface area contributed by atoms with E-state index in [-0.39, 0.29) is 23.3 Å². The number of primary amides is 1. The van der Waals surface area contributed by atoms with Crippen molar-refractivity contribution >= 4 is 5.91 Å². The molecule has 0 aromatic carbocycles. The Bertz CT molecular complexity index is 273. The Morgan fingerprint density at radius 1 is 1.38 bits per heavy atom. The summed E-state index contributed by atoms with van der Waals surface area (Å²) < 4.78 is 0. The summed E-state index contributed by atoms with van der Waals surface area (Å²) in [4.78, 5) is 11.8. The zero-order valence-corrected chi connectivity index (χ0v) is 10.1. The molecule has 2 fully saturated rings. The van der Waals surface area contributed by atoms with Crippen LogP contribution in [0.15, 0.2) is 0 Å². The van der Waals surface area contributed by atoms with Gasteiger partial charge in [0.2, 0.25) is 5.91 Å². The van der Waals surface area contributed by atoms with Crippen LogP contribution in [0.4, 0.5) is 0 Å². The number of nitrogens with two attached hydrogens (primary N) is 1. The SMILES string of the molecule is CCC1C(O)CC1(C(N)=O)C1CCCCC1. The highest BCUT2D eigenvalue weighted by Gasteiger charge is 2.60. The number of hydrogen-bond donors (Lipinski definition) is 2. The summed E-state index contributed by atoms with van der Waals surface area (Å²) in [7, 11) is 0. The Hall–Kier alpha value is -0.570. The van der Waals surface area contributed by atoms with E-state index in [1.54, 1.807) is 0 Å². The van der Waals surface area contributed by atoms with Crippen LogP contribution >= 0.6 is 0 Å². The summed E-state index contributed by atoms with van der Waals surface area (Å²) >= 11 is 0. The summed E-state index contributed by atoms with van der Waals surface area (Å²) in [5.41, 5.74) is 5.26. The summed E-state index contributed by atoms with van der Waals surface area (Å²) in [6, 6.07) is 0. The summed E-state index contributed by atoms with van der Waals surface area (Å²) in [6.45, 7) is 2.05. The first-order valence-electron chi connectivity index (χ1n) is 6.61. The average Bonchev–Trinajstić information content (AvgIpc) is 2.26. The maximum absolute atomic E-state index is 11.8. The lowest BCUT2D eigenvalue weighted by atomic mass is 9.49. The normalized spacial score (nSPS) is 40.4. The van der Waals surface area contributed by atoms with Crippen molar-refractivity contribution in [3.05, 3.63) is 0 Å². The number of rotatable bonds is 3. The van der Waals surface area contributed by atoms with E-state index in [1.807, 2.05) is 6.92 Å². The van der Waals surface area contributed by atoms with Crippen molar-refractivity contribution < 1.29 is 9.90 Å². The van der Waals surface area contributed by atoms with Gasteiger partial charge in [0.1, 0.15) is 0 Å². The molecule has 2 rings (SSSR count). The predicted molar refractivity (Wildman–Crippen MR) is 62.6 cm³/mol. The number of amides is 1. The van der Waals surface area contributed by atoms with Crippen LogP contribution in [0.3, 0.4) is 0 Å². The molecule has 0 aromatic rings. The van der Waals surface area contributed by atoms with Crippen molar-refractivity contribution in [3.8, 4) is 0 Å². The van der Waals surface area contributed by atoms with Crippen LogP contribution in [-0.2, 0) is 4.79 Å². The molecule has 3 heteroatoms. The Labute approximate surface area is 97.4 Å². The van der Waals surface area contributed by atoms with E-state index in [9.17, 15) is 9.90 Å². The van der Waals surface area contributed by atoms with Gasteiger partial charge < -0.3 is 10.8 Å². The second kappa shape index (κ2) is 4.36. The van der Waals surface area contributed by atoms with Crippen LogP contribution in [-0.4, -0.2) is 17.1 Å². The second-order valence-electron chi connectivity index (χ2n) is 5.53. The molecule has 16 heavy (non-hydrogen) atoms. The monoisotopic (exact) mass is 225 g/mol. The molecule has 2 aliphatic rings. The van der Waals surface area contributed by atoms with E-state index >= 15 is 0 Å². The van der Waals surface area contributed by atoms with E-state index in [0.717, 1.165) is 19.3 Å². The van der Waals surface area contributed by atoms with Crippen molar-refractivity contribution in [3.63, 3.8) is 0 Å². The number of aliphatic hydroxyl groups is 1. The molecule has 1 amide bonds. The molecule has 2 aliphatic carbocycles. The van der Waals surface area contributed by atoms with Crippen molar-refractivity contribution in [2.24, 2.45) is 23.0 Å². The van der Waals surface area contributed by atoms with Crippen molar-refractivity contribution in [1.82, 2.24) is 0 Å². The second-order valence-corrected chi connectivity index (χ2v) is 5.53. The van der Waals surface area contributed by atoms with Gasteiger partial charge in [0.05, 0.1) is 11.5 Å². The molecule has 3 unspecified atom stereocenters. The number of hydrogen-bond acceptors (Lipinski definition) is 2. The van der Waals surface area contributed by atoms with Crippen LogP contribution < -0.4 is 5.73 Å². The van der Waals surface area contributed by atoms with E-state index in [1.165, 1.54) is 19.3 Å². The predicted octanol–water partition coefficient (Wildman–Crippen LogP) is 1.83. The fraction of sp³-hybridized carbons (Fsp3) is 0.923. The molecule has 92 valence electrons. The van der Waals surface area contributed by atoms with Gasteiger partial charge in [0, 0.05) is 0 Å². The maximum Gasteiger partial charge on any atom is 0.224 e. The minimum atomic E-state index is -0.380. The van der Waals surface area contributed by atoms with E-state index in [0.29, 0.717) is 12.3 Å². The van der Waals surface area contributed by atoms with Crippen molar-refractivity contribution in [2.45, 2.75) is 58.0 Å². The molecule has 0 saturated heterocycles. The van der Waals surface area contributed by atoms with Crippen LogP contribution in [0, 0.1) is 17.3 Å². The molecule has 0 heterocycles. The van der Waals surface area contributed by atoms with Gasteiger partial charge in [0.25, 0.3) is 0 Å². The molecular weight excluding hydrogens is 202 g/mol. The largest absolute Gasteiger partial charge is 0.393 e. The Morgan fingerprint density at radius 3 is 2.44 bits per heavy atom. The Balaban J connectivity index is 2.19. The average molecular weight is 225 g/mol. The summed E-state index contributed by atoms with van der Waals surface area (Å²) in [5, 5.41) is 9.82. The van der Waals surface area contributed by atoms with Gasteiger partial charge in [-0.3, -0.25) is 4.79 Å². The van der Waals surface area contributed by atoms with Gasteiger partial charge in [-0.25, -0.2) is 0 Å². The zero-order valence-electron chi connectivity index (χ0n) is 10.1. The Kier molecular flexibility index (Phi) is 3.24. The third-order valence-electron chi connectivity index (χ3n) is 4.91. The lowest BCUT2D eigenvalue weighted by Gasteiger charge is -2.56. The van der Waals surface area contributed by atoms with Gasteiger partial charge >= 0.3 is 0 Å². The molecule has 0 aromatic heterocycles. The molecule has 2 saturated carbocycles. The first-order chi connectivity index (χ1) is 7.63. The third kappa shape index (κ3) is 1.56. The van der Waals surface area contributed by atoms with E-state index in [4.69, 9.17) is 5.73 Å². The maximum atomic E-state index is 11.8. The molecule has 3 nitrogen and oxygen atoms in total. The van der Waals surface area contributed by atoms with Crippen molar-refractivity contribution in [2.75, 3.05) is 0 Å². The molecule has 0 radical (unpaired) electrons. The molecule has 0 bridgehead atoms. The van der Waals surface area contributed by atoms with Crippen LogP contribution in [0.1, 0.15) is 51.9 Å². The molecule has 0 aliphatic heterocycles. The van der Waals surface area contributed by atoms with Gasteiger partial charge in [0.15, 0.2) is 0 Å². The smallest absolute Gasteiger partial charge is 0.224 e. The number of carbonyl (C=O) groups excluding carboxylic acids is 1. The van der Waals surface area contributed by atoms with Crippen molar-refractivity contribution in [1.29, 1.82) is 0 Å². The van der Waals surface area contributed by atoms with Gasteiger partial charge in [-0.1, -0.05) is 26.2 Å². The van der Waals surface area contributed by atoms with Crippen LogP contribution in [0.5, 0.6) is 0 Å². The molecule has 0 spiro atoms. The van der Waals surface area contributed by atoms with Crippen LogP contribution in [0.2, 0.25) is 0 Å². The number of aliphatic hydroxyl groups excluding tert-OH is 1. The standard InChI is InChI=1S/C13H23NO2/c1-2-10-11(15)8-13(10,12(14)16)9-6-4-3-5-7-9/h9-11,15H,2-8H2,1H3,(H2,14,16). The lowest BCUT2D eigenvalue weighted by Crippen LogP contribution is -2.62. The highest BCUT2D eigenvalue weighted by Crippen LogP contribution is 2.57. The summed E-state index contributed by atoms with van der Waals surface area (Å²) in [6.07, 6.45) is 7.10. The molecule has 3 N–H and O–H groups in total. The van der Waals surface area contributed by atoms with Gasteiger partial charge in [-0.15, -0.1) is 0 Å². The third-order valence-corrected chi connectivity index (χ3v) is 4.91.